The second-order valence-corrected chi connectivity index (χ2v) is 3.39. The summed E-state index contributed by atoms with van der Waals surface area (Å²) in [4.78, 5) is 21.8. The fourth-order valence-electron chi connectivity index (χ4n) is 1.17. The van der Waals surface area contributed by atoms with E-state index in [0.717, 1.165) is 0 Å². The van der Waals surface area contributed by atoms with Gasteiger partial charge in [0, 0.05) is 12.1 Å². The van der Waals surface area contributed by atoms with E-state index in [4.69, 9.17) is 10.8 Å². The molecule has 1 rings (SSSR count). The molecule has 0 heterocycles. The smallest absolute Gasteiger partial charge is 0.303 e. The van der Waals surface area contributed by atoms with Crippen molar-refractivity contribution in [1.29, 1.82) is 0 Å². The highest BCUT2D eigenvalue weighted by Gasteiger charge is 2.14. The van der Waals surface area contributed by atoms with Gasteiger partial charge in [-0.15, -0.1) is 0 Å². The molecule has 1 atom stereocenters. The summed E-state index contributed by atoms with van der Waals surface area (Å²) in [5.41, 5.74) is 6.19. The van der Waals surface area contributed by atoms with Crippen molar-refractivity contribution < 1.29 is 14.7 Å². The minimum atomic E-state index is -0.956. The van der Waals surface area contributed by atoms with Gasteiger partial charge in [0.05, 0.1) is 6.04 Å². The summed E-state index contributed by atoms with van der Waals surface area (Å²) in [7, 11) is 0. The molecule has 4 N–H and O–H groups in total. The number of carbonyl (C=O) groups is 2. The second-order valence-electron chi connectivity index (χ2n) is 3.39. The highest BCUT2D eigenvalue weighted by molar-refractivity contribution is 5.94. The van der Waals surface area contributed by atoms with Crippen LogP contribution in [0.5, 0.6) is 0 Å². The van der Waals surface area contributed by atoms with Crippen molar-refractivity contribution in [3.05, 3.63) is 30.3 Å². The lowest BCUT2D eigenvalue weighted by atomic mass is 10.1. The Labute approximate surface area is 93.3 Å². The number of nitrogens with one attached hydrogen (secondary N) is 1. The SMILES string of the molecule is N[C@H](CCC(=O)O)C(=O)Nc1ccccc1. The lowest BCUT2D eigenvalue weighted by Gasteiger charge is -2.10. The van der Waals surface area contributed by atoms with E-state index in [1.54, 1.807) is 24.3 Å². The molecule has 86 valence electrons. The number of rotatable bonds is 5. The summed E-state index contributed by atoms with van der Waals surface area (Å²) in [5.74, 6) is -1.32. The Morgan fingerprint density at radius 1 is 1.31 bits per heavy atom. The van der Waals surface area contributed by atoms with Crippen LogP contribution in [-0.2, 0) is 9.59 Å². The largest absolute Gasteiger partial charge is 0.481 e. The van der Waals surface area contributed by atoms with Gasteiger partial charge in [0.2, 0.25) is 5.91 Å². The zero-order valence-corrected chi connectivity index (χ0v) is 8.72. The van der Waals surface area contributed by atoms with Crippen LogP contribution in [0.15, 0.2) is 30.3 Å². The molecule has 0 saturated carbocycles. The zero-order chi connectivity index (χ0) is 12.0. The van der Waals surface area contributed by atoms with Gasteiger partial charge in [0.25, 0.3) is 0 Å². The number of carboxylic acids is 1. The predicted octanol–water partition coefficient (Wildman–Crippen LogP) is 0.817. The highest BCUT2D eigenvalue weighted by Crippen LogP contribution is 2.06. The lowest BCUT2D eigenvalue weighted by molar-refractivity contribution is -0.137. The summed E-state index contributed by atoms with van der Waals surface area (Å²) in [6.45, 7) is 0. The van der Waals surface area contributed by atoms with Crippen LogP contribution >= 0.6 is 0 Å². The maximum Gasteiger partial charge on any atom is 0.303 e. The number of benzene rings is 1. The van der Waals surface area contributed by atoms with E-state index < -0.39 is 12.0 Å². The molecule has 0 aliphatic heterocycles. The fraction of sp³-hybridized carbons (Fsp3) is 0.273. The number of carbonyl (C=O) groups excluding carboxylic acids is 1. The molecular formula is C11H14N2O3. The van der Waals surface area contributed by atoms with Gasteiger partial charge in [0.1, 0.15) is 0 Å². The summed E-state index contributed by atoms with van der Waals surface area (Å²) in [5, 5.41) is 11.1. The van der Waals surface area contributed by atoms with Crippen LogP contribution < -0.4 is 11.1 Å². The molecule has 16 heavy (non-hydrogen) atoms. The third-order valence-corrected chi connectivity index (χ3v) is 2.05. The van der Waals surface area contributed by atoms with Crippen molar-refractivity contribution in [2.45, 2.75) is 18.9 Å². The first-order valence-corrected chi connectivity index (χ1v) is 4.93. The number of amides is 1. The van der Waals surface area contributed by atoms with Gasteiger partial charge in [-0.05, 0) is 18.6 Å². The standard InChI is InChI=1S/C11H14N2O3/c12-9(6-7-10(14)15)11(16)13-8-4-2-1-3-5-8/h1-5,9H,6-7,12H2,(H,13,16)(H,14,15)/t9-/m1/s1. The van der Waals surface area contributed by atoms with Gasteiger partial charge >= 0.3 is 5.97 Å². The maximum atomic E-state index is 11.5. The first-order chi connectivity index (χ1) is 7.59. The van der Waals surface area contributed by atoms with Crippen LogP contribution in [-0.4, -0.2) is 23.0 Å². The van der Waals surface area contributed by atoms with E-state index in [-0.39, 0.29) is 18.7 Å². The average molecular weight is 222 g/mol. The monoisotopic (exact) mass is 222 g/mol. The number of hydrogen-bond acceptors (Lipinski definition) is 3. The van der Waals surface area contributed by atoms with Crippen LogP contribution in [0.2, 0.25) is 0 Å². The van der Waals surface area contributed by atoms with E-state index in [2.05, 4.69) is 5.32 Å². The first-order valence-electron chi connectivity index (χ1n) is 4.93. The number of para-hydroxylation sites is 1. The number of hydrogen-bond donors (Lipinski definition) is 3. The topological polar surface area (TPSA) is 92.4 Å². The summed E-state index contributed by atoms with van der Waals surface area (Å²) >= 11 is 0. The van der Waals surface area contributed by atoms with Crippen molar-refractivity contribution in [3.8, 4) is 0 Å². The number of anilines is 1. The van der Waals surface area contributed by atoms with Crippen molar-refractivity contribution in [2.75, 3.05) is 5.32 Å². The van der Waals surface area contributed by atoms with E-state index in [1.807, 2.05) is 6.07 Å². The molecule has 0 aromatic heterocycles. The van der Waals surface area contributed by atoms with E-state index in [9.17, 15) is 9.59 Å². The average Bonchev–Trinajstić information content (AvgIpc) is 2.27. The molecular weight excluding hydrogens is 208 g/mol. The fourth-order valence-corrected chi connectivity index (χ4v) is 1.17. The third kappa shape index (κ3) is 4.10. The predicted molar refractivity (Wildman–Crippen MR) is 59.9 cm³/mol. The number of carboxylic acid groups (broad SMARTS) is 1. The normalized spacial score (nSPS) is 11.8. The highest BCUT2D eigenvalue weighted by atomic mass is 16.4. The molecule has 5 nitrogen and oxygen atoms in total. The molecule has 0 bridgehead atoms. The molecule has 1 aromatic rings. The Hall–Kier alpha value is -1.88. The summed E-state index contributed by atoms with van der Waals surface area (Å²) in [6.07, 6.45) is 0.0252. The van der Waals surface area contributed by atoms with E-state index >= 15 is 0 Å². The van der Waals surface area contributed by atoms with Crippen LogP contribution in [0.1, 0.15) is 12.8 Å². The Morgan fingerprint density at radius 3 is 2.50 bits per heavy atom. The third-order valence-electron chi connectivity index (χ3n) is 2.05. The van der Waals surface area contributed by atoms with Crippen molar-refractivity contribution in [1.82, 2.24) is 0 Å². The van der Waals surface area contributed by atoms with E-state index in [0.29, 0.717) is 5.69 Å². The zero-order valence-electron chi connectivity index (χ0n) is 8.72. The summed E-state index contributed by atoms with van der Waals surface area (Å²) < 4.78 is 0. The molecule has 0 spiro atoms. The van der Waals surface area contributed by atoms with Gasteiger partial charge in [-0.25, -0.2) is 0 Å². The van der Waals surface area contributed by atoms with Gasteiger partial charge in [-0.3, -0.25) is 9.59 Å². The molecule has 1 amide bonds. The van der Waals surface area contributed by atoms with Gasteiger partial charge in [-0.1, -0.05) is 18.2 Å². The number of nitrogens with two attached hydrogens (primary N) is 1. The summed E-state index contributed by atoms with van der Waals surface area (Å²) in [6, 6.07) is 8.09. The van der Waals surface area contributed by atoms with Crippen molar-refractivity contribution in [3.63, 3.8) is 0 Å². The van der Waals surface area contributed by atoms with Crippen LogP contribution in [0.3, 0.4) is 0 Å². The molecule has 0 fully saturated rings. The van der Waals surface area contributed by atoms with E-state index in [1.165, 1.54) is 0 Å². The molecule has 5 heteroatoms. The van der Waals surface area contributed by atoms with Crippen molar-refractivity contribution >= 4 is 17.6 Å². The molecule has 0 radical (unpaired) electrons. The first kappa shape index (κ1) is 12.2. The Balaban J connectivity index is 2.43. The minimum Gasteiger partial charge on any atom is -0.481 e. The Morgan fingerprint density at radius 2 is 1.94 bits per heavy atom. The maximum absolute atomic E-state index is 11.5. The molecule has 0 aliphatic carbocycles. The molecule has 0 unspecified atom stereocenters. The van der Waals surface area contributed by atoms with Gasteiger partial charge in [0.15, 0.2) is 0 Å². The Kier molecular flexibility index (Phi) is 4.47. The van der Waals surface area contributed by atoms with Crippen molar-refractivity contribution in [2.24, 2.45) is 5.73 Å². The molecule has 1 aromatic carbocycles. The van der Waals surface area contributed by atoms with Gasteiger partial charge < -0.3 is 16.2 Å². The lowest BCUT2D eigenvalue weighted by Crippen LogP contribution is -2.36. The van der Waals surface area contributed by atoms with Crippen LogP contribution in [0, 0.1) is 0 Å². The molecule has 0 saturated heterocycles. The molecule has 0 aliphatic rings. The Bertz CT molecular complexity index is 365. The minimum absolute atomic E-state index is 0.108. The second kappa shape index (κ2) is 5.87. The van der Waals surface area contributed by atoms with Gasteiger partial charge in [-0.2, -0.15) is 0 Å². The van der Waals surface area contributed by atoms with Crippen LogP contribution in [0.25, 0.3) is 0 Å². The quantitative estimate of drug-likeness (QED) is 0.687. The number of aliphatic carboxylic acids is 1. The van der Waals surface area contributed by atoms with Crippen LogP contribution in [0.4, 0.5) is 5.69 Å².